The van der Waals surface area contributed by atoms with Gasteiger partial charge in [0.2, 0.25) is 0 Å². The lowest BCUT2D eigenvalue weighted by Crippen LogP contribution is -2.51. The molecule has 2 saturated carbocycles. The van der Waals surface area contributed by atoms with Crippen molar-refractivity contribution < 1.29 is 14.3 Å². The molecule has 0 aromatic heterocycles. The first-order chi connectivity index (χ1) is 23.7. The van der Waals surface area contributed by atoms with Crippen LogP contribution in [-0.4, -0.2) is 46.9 Å². The van der Waals surface area contributed by atoms with E-state index in [4.69, 9.17) is 32.9 Å². The Hall–Kier alpha value is -3.92. The SMILES string of the molecule is CC(C)C1CCC2(CC1)N=C(c1cc(Cl)c(OCc3ccccc3)c(Cl)c1)C(=O)N2[C@@H](c1ccc(C(=O)NCC2=NNNC2)cc1)C1CC1. The third-order valence-electron chi connectivity index (χ3n) is 10.4. The number of rotatable bonds is 11. The molecule has 0 bridgehead atoms. The van der Waals surface area contributed by atoms with Crippen molar-refractivity contribution in [2.75, 3.05) is 13.1 Å². The van der Waals surface area contributed by atoms with Crippen LogP contribution in [0, 0.1) is 17.8 Å². The minimum atomic E-state index is -0.660. The molecule has 49 heavy (non-hydrogen) atoms. The van der Waals surface area contributed by atoms with Crippen LogP contribution in [0.15, 0.2) is 76.8 Å². The van der Waals surface area contributed by atoms with E-state index in [2.05, 4.69) is 40.1 Å². The fraction of sp³-hybridized carbons (Fsp3) is 0.421. The zero-order chi connectivity index (χ0) is 34.1. The highest BCUT2D eigenvalue weighted by Crippen LogP contribution is 2.53. The van der Waals surface area contributed by atoms with Gasteiger partial charge in [-0.1, -0.05) is 79.5 Å². The number of hydrazine groups is 1. The van der Waals surface area contributed by atoms with Gasteiger partial charge < -0.3 is 15.0 Å². The van der Waals surface area contributed by atoms with E-state index in [9.17, 15) is 9.59 Å². The molecular formula is C38H42Cl2N6O3. The summed E-state index contributed by atoms with van der Waals surface area (Å²) in [4.78, 5) is 35.1. The summed E-state index contributed by atoms with van der Waals surface area (Å²) in [5.74, 6) is 1.59. The smallest absolute Gasteiger partial charge is 0.275 e. The number of aliphatic imine (C=N–C) groups is 1. The number of nitrogens with zero attached hydrogens (tertiary/aromatic N) is 3. The second-order valence-electron chi connectivity index (χ2n) is 14.0. The molecule has 9 nitrogen and oxygen atoms in total. The molecule has 2 fully saturated rings. The van der Waals surface area contributed by atoms with E-state index < -0.39 is 5.66 Å². The molecule has 3 aromatic carbocycles. The topological polar surface area (TPSA) is 107 Å². The summed E-state index contributed by atoms with van der Waals surface area (Å²) in [6.45, 7) is 5.82. The van der Waals surface area contributed by atoms with E-state index in [0.29, 0.717) is 70.1 Å². The summed E-state index contributed by atoms with van der Waals surface area (Å²) < 4.78 is 6.03. The highest BCUT2D eigenvalue weighted by Gasteiger charge is 2.55. The van der Waals surface area contributed by atoms with Crippen LogP contribution in [0.1, 0.15) is 85.5 Å². The molecule has 11 heteroatoms. The first-order valence-corrected chi connectivity index (χ1v) is 18.0. The molecule has 2 aliphatic heterocycles. The van der Waals surface area contributed by atoms with Crippen LogP contribution < -0.4 is 21.0 Å². The zero-order valence-corrected chi connectivity index (χ0v) is 29.4. The van der Waals surface area contributed by atoms with Crippen molar-refractivity contribution in [3.63, 3.8) is 0 Å². The second kappa shape index (κ2) is 14.1. The molecule has 2 amide bonds. The summed E-state index contributed by atoms with van der Waals surface area (Å²) in [6.07, 6.45) is 5.65. The van der Waals surface area contributed by atoms with Crippen LogP contribution in [0.2, 0.25) is 10.0 Å². The van der Waals surface area contributed by atoms with Crippen molar-refractivity contribution >= 4 is 46.4 Å². The number of carbonyl (C=O) groups is 2. The molecule has 7 rings (SSSR count). The monoisotopic (exact) mass is 700 g/mol. The standard InChI is InChI=1S/C38H42Cl2N6O3/c1-23(2)25-14-16-38(17-15-25)43-33(29-18-31(39)35(32(40)19-29)49-22-24-6-4-3-5-7-24)37(48)46(38)34(26-8-9-26)27-10-12-28(13-11-27)36(47)41-20-30-21-42-45-44-30/h3-7,10-13,18-19,23,25-26,34,42,45H,8-9,14-17,20-22H2,1-2H3,(H,41,47)/t25?,34-,38?/m1/s1. The van der Waals surface area contributed by atoms with Gasteiger partial charge in [0.25, 0.3) is 11.8 Å². The molecule has 0 radical (unpaired) electrons. The maximum atomic E-state index is 14.7. The molecule has 256 valence electrons. The van der Waals surface area contributed by atoms with Gasteiger partial charge in [-0.25, -0.2) is 11.0 Å². The molecule has 3 aromatic rings. The second-order valence-corrected chi connectivity index (χ2v) is 14.8. The molecule has 1 spiro atoms. The van der Waals surface area contributed by atoms with Crippen LogP contribution >= 0.6 is 23.2 Å². The zero-order valence-electron chi connectivity index (χ0n) is 27.8. The number of carbonyl (C=O) groups excluding carboxylic acids is 2. The Balaban J connectivity index is 1.17. The highest BCUT2D eigenvalue weighted by atomic mass is 35.5. The van der Waals surface area contributed by atoms with Crippen molar-refractivity contribution in [1.82, 2.24) is 21.2 Å². The van der Waals surface area contributed by atoms with Crippen LogP contribution in [0.25, 0.3) is 0 Å². The minimum Gasteiger partial charge on any atom is -0.486 e. The van der Waals surface area contributed by atoms with Gasteiger partial charge in [0.15, 0.2) is 5.75 Å². The molecule has 0 unspecified atom stereocenters. The molecule has 3 N–H and O–H groups in total. The van der Waals surface area contributed by atoms with Gasteiger partial charge in [-0.05, 0) is 91.7 Å². The summed E-state index contributed by atoms with van der Waals surface area (Å²) in [5.41, 5.74) is 9.33. The molecular weight excluding hydrogens is 659 g/mol. The van der Waals surface area contributed by atoms with E-state index in [1.54, 1.807) is 12.1 Å². The van der Waals surface area contributed by atoms with E-state index in [0.717, 1.165) is 55.4 Å². The van der Waals surface area contributed by atoms with Gasteiger partial charge in [-0.15, -0.1) is 0 Å². The number of halogens is 2. The number of hydrogen-bond acceptors (Lipinski definition) is 7. The highest BCUT2D eigenvalue weighted by molar-refractivity contribution is 6.48. The van der Waals surface area contributed by atoms with Crippen molar-refractivity contribution in [1.29, 1.82) is 0 Å². The fourth-order valence-corrected chi connectivity index (χ4v) is 8.03. The van der Waals surface area contributed by atoms with Crippen molar-refractivity contribution in [3.8, 4) is 5.75 Å². The predicted molar refractivity (Wildman–Crippen MR) is 193 cm³/mol. The Kier molecular flexibility index (Phi) is 9.68. The molecule has 0 saturated heterocycles. The third kappa shape index (κ3) is 7.07. The molecule has 2 aliphatic carbocycles. The quantitative estimate of drug-likeness (QED) is 0.198. The number of nitrogens with one attached hydrogen (secondary N) is 3. The first kappa shape index (κ1) is 33.6. The van der Waals surface area contributed by atoms with E-state index in [1.807, 2.05) is 54.6 Å². The summed E-state index contributed by atoms with van der Waals surface area (Å²) in [6, 6.07) is 20.9. The summed E-state index contributed by atoms with van der Waals surface area (Å²) >= 11 is 13.6. The summed E-state index contributed by atoms with van der Waals surface area (Å²) in [7, 11) is 0. The van der Waals surface area contributed by atoms with Crippen molar-refractivity contribution in [2.24, 2.45) is 27.8 Å². The van der Waals surface area contributed by atoms with Gasteiger partial charge >= 0.3 is 0 Å². The van der Waals surface area contributed by atoms with Gasteiger partial charge in [0, 0.05) is 11.1 Å². The maximum absolute atomic E-state index is 14.7. The van der Waals surface area contributed by atoms with E-state index >= 15 is 0 Å². The number of benzene rings is 3. The Morgan fingerprint density at radius 1 is 1.00 bits per heavy atom. The van der Waals surface area contributed by atoms with Crippen molar-refractivity contribution in [2.45, 2.75) is 70.7 Å². The van der Waals surface area contributed by atoms with Crippen LogP contribution in [0.3, 0.4) is 0 Å². The Morgan fingerprint density at radius 2 is 1.69 bits per heavy atom. The predicted octanol–water partition coefficient (Wildman–Crippen LogP) is 7.09. The number of hydrogen-bond donors (Lipinski definition) is 3. The fourth-order valence-electron chi connectivity index (χ4n) is 7.43. The first-order valence-electron chi connectivity index (χ1n) is 17.2. The van der Waals surface area contributed by atoms with E-state index in [1.165, 1.54) is 0 Å². The molecule has 4 aliphatic rings. The largest absolute Gasteiger partial charge is 0.486 e. The maximum Gasteiger partial charge on any atom is 0.275 e. The average Bonchev–Trinajstić information content (AvgIpc) is 3.73. The lowest BCUT2D eigenvalue weighted by atomic mass is 9.76. The Morgan fingerprint density at radius 3 is 2.31 bits per heavy atom. The lowest BCUT2D eigenvalue weighted by Gasteiger charge is -2.46. The van der Waals surface area contributed by atoms with Crippen LogP contribution in [0.4, 0.5) is 0 Å². The number of amides is 2. The Bertz CT molecular complexity index is 1740. The van der Waals surface area contributed by atoms with Crippen LogP contribution in [-0.2, 0) is 11.4 Å². The Labute approximate surface area is 297 Å². The normalized spacial score (nSPS) is 22.6. The lowest BCUT2D eigenvalue weighted by molar-refractivity contribution is -0.134. The van der Waals surface area contributed by atoms with Gasteiger partial charge in [-0.3, -0.25) is 14.6 Å². The minimum absolute atomic E-state index is 0.105. The number of ether oxygens (including phenoxy) is 1. The summed E-state index contributed by atoms with van der Waals surface area (Å²) in [5, 5.41) is 7.72. The van der Waals surface area contributed by atoms with Gasteiger partial charge in [-0.2, -0.15) is 5.10 Å². The molecule has 2 heterocycles. The van der Waals surface area contributed by atoms with E-state index in [-0.39, 0.29) is 17.9 Å². The third-order valence-corrected chi connectivity index (χ3v) is 10.9. The molecule has 1 atom stereocenters. The van der Waals surface area contributed by atoms with Crippen LogP contribution in [0.5, 0.6) is 5.75 Å². The number of hydrazone groups is 1. The van der Waals surface area contributed by atoms with Gasteiger partial charge in [0.05, 0.1) is 34.9 Å². The van der Waals surface area contributed by atoms with Gasteiger partial charge in [0.1, 0.15) is 18.0 Å². The average molecular weight is 702 g/mol. The van der Waals surface area contributed by atoms with Crippen molar-refractivity contribution in [3.05, 3.63) is 99.0 Å².